The number of anilines is 2. The summed E-state index contributed by atoms with van der Waals surface area (Å²) in [7, 11) is 0. The Hall–Kier alpha value is -3.84. The Morgan fingerprint density at radius 2 is 1.67 bits per heavy atom. The van der Waals surface area contributed by atoms with Crippen LogP contribution in [0, 0.1) is 13.8 Å². The van der Waals surface area contributed by atoms with E-state index in [9.17, 15) is 14.4 Å². The minimum absolute atomic E-state index is 0.00525. The number of carbonyl (C=O) groups excluding carboxylic acids is 3. The predicted molar refractivity (Wildman–Crippen MR) is 129 cm³/mol. The van der Waals surface area contributed by atoms with Crippen LogP contribution in [0.4, 0.5) is 10.8 Å². The van der Waals surface area contributed by atoms with E-state index in [1.807, 2.05) is 68.4 Å². The first-order valence-corrected chi connectivity index (χ1v) is 11.5. The molecule has 6 nitrogen and oxygen atoms in total. The number of aryl methyl sites for hydroxylation is 2. The van der Waals surface area contributed by atoms with Gasteiger partial charge in [-0.05, 0) is 49.7 Å². The fourth-order valence-electron chi connectivity index (χ4n) is 4.04. The number of hydrogen-bond acceptors (Lipinski definition) is 5. The van der Waals surface area contributed by atoms with Crippen molar-refractivity contribution in [1.82, 2.24) is 9.88 Å². The number of amides is 3. The molecule has 164 valence electrons. The van der Waals surface area contributed by atoms with Gasteiger partial charge in [0.25, 0.3) is 11.8 Å². The molecule has 0 saturated heterocycles. The van der Waals surface area contributed by atoms with Crippen LogP contribution in [0.5, 0.6) is 0 Å². The summed E-state index contributed by atoms with van der Waals surface area (Å²) in [5, 5.41) is 0.563. The molecule has 7 heteroatoms. The van der Waals surface area contributed by atoms with Gasteiger partial charge in [-0.2, -0.15) is 0 Å². The monoisotopic (exact) mass is 455 g/mol. The number of benzene rings is 3. The van der Waals surface area contributed by atoms with Crippen molar-refractivity contribution in [3.63, 3.8) is 0 Å². The van der Waals surface area contributed by atoms with Crippen LogP contribution in [0.2, 0.25) is 0 Å². The largest absolute Gasteiger partial charge is 0.274 e. The van der Waals surface area contributed by atoms with E-state index in [4.69, 9.17) is 0 Å². The highest BCUT2D eigenvalue weighted by atomic mass is 32.1. The first-order valence-electron chi connectivity index (χ1n) is 10.6. The molecule has 0 radical (unpaired) electrons. The van der Waals surface area contributed by atoms with Crippen molar-refractivity contribution >= 4 is 50.1 Å². The fourth-order valence-corrected chi connectivity index (χ4v) is 5.04. The Morgan fingerprint density at radius 3 is 2.45 bits per heavy atom. The Balaban J connectivity index is 1.44. The third-order valence-electron chi connectivity index (χ3n) is 5.76. The van der Waals surface area contributed by atoms with Crippen LogP contribution >= 0.6 is 11.3 Å². The van der Waals surface area contributed by atoms with Gasteiger partial charge in [-0.1, -0.05) is 53.3 Å². The van der Waals surface area contributed by atoms with Gasteiger partial charge in [0.2, 0.25) is 5.91 Å². The molecule has 0 unspecified atom stereocenters. The number of thiazole rings is 1. The fraction of sp³-hybridized carbons (Fsp3) is 0.154. The van der Waals surface area contributed by atoms with Crippen LogP contribution in [0.25, 0.3) is 10.2 Å². The molecular formula is C26H21N3O3S. The van der Waals surface area contributed by atoms with Crippen molar-refractivity contribution in [2.45, 2.75) is 20.3 Å². The molecule has 0 atom stereocenters. The summed E-state index contributed by atoms with van der Waals surface area (Å²) in [6.07, 6.45) is -0.00525. The van der Waals surface area contributed by atoms with E-state index in [2.05, 4.69) is 4.98 Å². The van der Waals surface area contributed by atoms with E-state index >= 15 is 0 Å². The van der Waals surface area contributed by atoms with E-state index < -0.39 is 0 Å². The smallest absolute Gasteiger partial charge is 0.261 e. The van der Waals surface area contributed by atoms with Gasteiger partial charge in [-0.15, -0.1) is 0 Å². The maximum atomic E-state index is 13.5. The quantitative estimate of drug-likeness (QED) is 0.385. The van der Waals surface area contributed by atoms with Crippen molar-refractivity contribution in [3.05, 3.63) is 89.0 Å². The maximum absolute atomic E-state index is 13.5. The van der Waals surface area contributed by atoms with Gasteiger partial charge < -0.3 is 0 Å². The summed E-state index contributed by atoms with van der Waals surface area (Å²) in [6.45, 7) is 3.83. The van der Waals surface area contributed by atoms with Gasteiger partial charge in [0.1, 0.15) is 0 Å². The third-order valence-corrected chi connectivity index (χ3v) is 6.78. The molecule has 0 N–H and O–H groups in total. The highest BCUT2D eigenvalue weighted by molar-refractivity contribution is 7.22. The van der Waals surface area contributed by atoms with E-state index in [1.165, 1.54) is 11.3 Å². The SMILES string of the molecule is Cc1ccc2c(c1)C(=O)N(CCC(=O)N(c1nc3ccccc3s1)c1ccccc1C)C2=O. The average molecular weight is 456 g/mol. The summed E-state index contributed by atoms with van der Waals surface area (Å²) < 4.78 is 0.981. The number of rotatable bonds is 5. The topological polar surface area (TPSA) is 70.6 Å². The van der Waals surface area contributed by atoms with E-state index in [1.54, 1.807) is 17.0 Å². The highest BCUT2D eigenvalue weighted by Gasteiger charge is 2.36. The second-order valence-electron chi connectivity index (χ2n) is 8.04. The summed E-state index contributed by atoms with van der Waals surface area (Å²) in [6, 6.07) is 20.6. The van der Waals surface area contributed by atoms with Crippen LogP contribution in [-0.2, 0) is 4.79 Å². The second kappa shape index (κ2) is 8.26. The first-order chi connectivity index (χ1) is 15.9. The summed E-state index contributed by atoms with van der Waals surface area (Å²) in [4.78, 5) is 46.6. The number of para-hydroxylation sites is 2. The molecule has 0 fully saturated rings. The molecular weight excluding hydrogens is 434 g/mol. The molecule has 1 aliphatic heterocycles. The Labute approximate surface area is 195 Å². The lowest BCUT2D eigenvalue weighted by Gasteiger charge is -2.23. The Bertz CT molecular complexity index is 1390. The van der Waals surface area contributed by atoms with Crippen molar-refractivity contribution in [1.29, 1.82) is 0 Å². The zero-order chi connectivity index (χ0) is 23.1. The minimum atomic E-state index is -0.356. The molecule has 0 bridgehead atoms. The number of aromatic nitrogens is 1. The molecule has 2 heterocycles. The summed E-state index contributed by atoms with van der Waals surface area (Å²) in [5.74, 6) is -0.935. The molecule has 1 aliphatic rings. The summed E-state index contributed by atoms with van der Waals surface area (Å²) in [5.41, 5.74) is 4.18. The number of fused-ring (bicyclic) bond motifs is 2. The second-order valence-corrected chi connectivity index (χ2v) is 9.05. The van der Waals surface area contributed by atoms with E-state index in [0.29, 0.717) is 16.3 Å². The van der Waals surface area contributed by atoms with Gasteiger partial charge in [0, 0.05) is 13.0 Å². The molecule has 3 amide bonds. The lowest BCUT2D eigenvalue weighted by molar-refractivity contribution is -0.118. The van der Waals surface area contributed by atoms with Gasteiger partial charge >= 0.3 is 0 Å². The maximum Gasteiger partial charge on any atom is 0.261 e. The number of hydrogen-bond donors (Lipinski definition) is 0. The molecule has 5 rings (SSSR count). The third kappa shape index (κ3) is 3.70. The van der Waals surface area contributed by atoms with Crippen LogP contribution in [0.3, 0.4) is 0 Å². The van der Waals surface area contributed by atoms with E-state index in [0.717, 1.165) is 31.9 Å². The van der Waals surface area contributed by atoms with Crippen molar-refractivity contribution in [3.8, 4) is 0 Å². The van der Waals surface area contributed by atoms with Gasteiger partial charge in [-0.25, -0.2) is 4.98 Å². The van der Waals surface area contributed by atoms with Gasteiger partial charge in [0.15, 0.2) is 5.13 Å². The molecule has 3 aromatic carbocycles. The van der Waals surface area contributed by atoms with Crippen molar-refractivity contribution in [2.75, 3.05) is 11.4 Å². The minimum Gasteiger partial charge on any atom is -0.274 e. The van der Waals surface area contributed by atoms with Crippen molar-refractivity contribution in [2.24, 2.45) is 0 Å². The molecule has 0 aliphatic carbocycles. The molecule has 0 saturated carbocycles. The standard InChI is InChI=1S/C26H21N3O3S/c1-16-11-12-18-19(15-16)25(32)28(24(18)31)14-13-23(30)29(21-9-5-3-7-17(21)2)26-27-20-8-4-6-10-22(20)33-26/h3-12,15H,13-14H2,1-2H3. The van der Waals surface area contributed by atoms with Crippen molar-refractivity contribution < 1.29 is 14.4 Å². The van der Waals surface area contributed by atoms with Crippen LogP contribution < -0.4 is 4.90 Å². The predicted octanol–water partition coefficient (Wildman–Crippen LogP) is 5.26. The zero-order valence-corrected chi connectivity index (χ0v) is 19.1. The molecule has 1 aromatic heterocycles. The lowest BCUT2D eigenvalue weighted by atomic mass is 10.1. The van der Waals surface area contributed by atoms with Crippen LogP contribution in [-0.4, -0.2) is 34.2 Å². The lowest BCUT2D eigenvalue weighted by Crippen LogP contribution is -2.35. The van der Waals surface area contributed by atoms with E-state index in [-0.39, 0.29) is 30.7 Å². The van der Waals surface area contributed by atoms with Crippen LogP contribution in [0.15, 0.2) is 66.7 Å². The number of nitrogens with zero attached hydrogens (tertiary/aromatic N) is 3. The van der Waals surface area contributed by atoms with Crippen LogP contribution in [0.1, 0.15) is 38.3 Å². The average Bonchev–Trinajstić information content (AvgIpc) is 3.33. The van der Waals surface area contributed by atoms with Gasteiger partial charge in [0.05, 0.1) is 27.0 Å². The number of carbonyl (C=O) groups is 3. The zero-order valence-electron chi connectivity index (χ0n) is 18.2. The molecule has 0 spiro atoms. The Kier molecular flexibility index (Phi) is 5.26. The molecule has 4 aromatic rings. The Morgan fingerprint density at radius 1 is 0.939 bits per heavy atom. The highest BCUT2D eigenvalue weighted by Crippen LogP contribution is 2.35. The first kappa shape index (κ1) is 21.0. The summed E-state index contributed by atoms with van der Waals surface area (Å²) >= 11 is 1.43. The molecule has 33 heavy (non-hydrogen) atoms. The number of imide groups is 1. The van der Waals surface area contributed by atoms with Gasteiger partial charge in [-0.3, -0.25) is 24.2 Å². The normalized spacial score (nSPS) is 13.0.